The van der Waals surface area contributed by atoms with Gasteiger partial charge in [0.1, 0.15) is 5.76 Å². The molecule has 0 bridgehead atoms. The summed E-state index contributed by atoms with van der Waals surface area (Å²) in [7, 11) is 0. The third kappa shape index (κ3) is 3.88. The van der Waals surface area contributed by atoms with Crippen LogP contribution < -0.4 is 0 Å². The van der Waals surface area contributed by atoms with Crippen LogP contribution in [-0.4, -0.2) is 5.97 Å². The first kappa shape index (κ1) is 13.8. The Hall–Kier alpha value is -1.31. The van der Waals surface area contributed by atoms with Crippen molar-refractivity contribution in [3.63, 3.8) is 0 Å². The zero-order valence-corrected chi connectivity index (χ0v) is 11.2. The van der Waals surface area contributed by atoms with E-state index in [4.69, 9.17) is 4.74 Å². The van der Waals surface area contributed by atoms with Crippen molar-refractivity contribution in [1.29, 1.82) is 0 Å². The monoisotopic (exact) mass is 234 g/mol. The molecule has 0 radical (unpaired) electrons. The van der Waals surface area contributed by atoms with Crippen LogP contribution >= 0.6 is 0 Å². The smallest absolute Gasteiger partial charge is 0.308 e. The maximum absolute atomic E-state index is 10.8. The number of rotatable bonds is 3. The van der Waals surface area contributed by atoms with E-state index in [2.05, 4.69) is 39.5 Å². The Bertz CT molecular complexity index is 372. The summed E-state index contributed by atoms with van der Waals surface area (Å²) in [6.45, 7) is 11.8. The molecule has 2 nitrogen and oxygen atoms in total. The predicted octanol–water partition coefficient (Wildman–Crippen LogP) is 4.00. The molecular weight excluding hydrogens is 212 g/mol. The highest BCUT2D eigenvalue weighted by Gasteiger charge is 2.30. The summed E-state index contributed by atoms with van der Waals surface area (Å²) >= 11 is 0. The molecule has 1 rings (SSSR count). The number of hydrogen-bond donors (Lipinski definition) is 0. The SMILES string of the molecule is C=C(/C=C/[C@@H]1C(C)=CCCC1(C)C)OC(C)=O. The van der Waals surface area contributed by atoms with Crippen molar-refractivity contribution in [3.8, 4) is 0 Å². The summed E-state index contributed by atoms with van der Waals surface area (Å²) in [5, 5.41) is 0. The minimum atomic E-state index is -0.324. The van der Waals surface area contributed by atoms with E-state index in [-0.39, 0.29) is 11.4 Å². The summed E-state index contributed by atoms with van der Waals surface area (Å²) in [6.07, 6.45) is 8.51. The van der Waals surface area contributed by atoms with Gasteiger partial charge in [-0.2, -0.15) is 0 Å². The Labute approximate surface area is 104 Å². The van der Waals surface area contributed by atoms with Gasteiger partial charge in [-0.15, -0.1) is 0 Å². The van der Waals surface area contributed by atoms with Gasteiger partial charge in [-0.3, -0.25) is 4.79 Å². The van der Waals surface area contributed by atoms with Crippen LogP contribution in [0.25, 0.3) is 0 Å². The van der Waals surface area contributed by atoms with Crippen LogP contribution in [0.3, 0.4) is 0 Å². The molecule has 0 heterocycles. The molecule has 0 amide bonds. The van der Waals surface area contributed by atoms with Crippen LogP contribution in [0, 0.1) is 11.3 Å². The third-order valence-corrected chi connectivity index (χ3v) is 3.34. The lowest BCUT2D eigenvalue weighted by molar-refractivity contribution is -0.136. The third-order valence-electron chi connectivity index (χ3n) is 3.34. The Morgan fingerprint density at radius 3 is 2.76 bits per heavy atom. The van der Waals surface area contributed by atoms with Crippen molar-refractivity contribution in [3.05, 3.63) is 36.1 Å². The molecule has 0 aliphatic heterocycles. The standard InChI is InChI=1S/C15H22O2/c1-11-7-6-10-15(4,5)14(11)9-8-12(2)17-13(3)16/h7-9,14H,2,6,10H2,1,3-5H3/b9-8+/t14-/m1/s1. The summed E-state index contributed by atoms with van der Waals surface area (Å²) < 4.78 is 4.91. The summed E-state index contributed by atoms with van der Waals surface area (Å²) in [4.78, 5) is 10.8. The van der Waals surface area contributed by atoms with E-state index in [1.807, 2.05) is 0 Å². The van der Waals surface area contributed by atoms with E-state index < -0.39 is 0 Å². The second-order valence-corrected chi connectivity index (χ2v) is 5.37. The van der Waals surface area contributed by atoms with Crippen molar-refractivity contribution < 1.29 is 9.53 Å². The van der Waals surface area contributed by atoms with Crippen LogP contribution in [0.5, 0.6) is 0 Å². The van der Waals surface area contributed by atoms with Crippen molar-refractivity contribution in [2.75, 3.05) is 0 Å². The summed E-state index contributed by atoms with van der Waals surface area (Å²) in [6, 6.07) is 0. The van der Waals surface area contributed by atoms with Gasteiger partial charge in [0, 0.05) is 12.8 Å². The Morgan fingerprint density at radius 1 is 1.59 bits per heavy atom. The first-order valence-electron chi connectivity index (χ1n) is 6.05. The largest absolute Gasteiger partial charge is 0.427 e. The van der Waals surface area contributed by atoms with Gasteiger partial charge in [0.05, 0.1) is 0 Å². The van der Waals surface area contributed by atoms with E-state index in [1.165, 1.54) is 18.9 Å². The zero-order valence-electron chi connectivity index (χ0n) is 11.2. The van der Waals surface area contributed by atoms with Crippen LogP contribution in [0.2, 0.25) is 0 Å². The Kier molecular flexibility index (Phi) is 4.33. The first-order chi connectivity index (χ1) is 7.83. The maximum Gasteiger partial charge on any atom is 0.308 e. The van der Waals surface area contributed by atoms with Gasteiger partial charge >= 0.3 is 5.97 Å². The minimum Gasteiger partial charge on any atom is -0.427 e. The summed E-state index contributed by atoms with van der Waals surface area (Å²) in [5.41, 5.74) is 1.64. The number of allylic oxidation sites excluding steroid dienone is 4. The van der Waals surface area contributed by atoms with Crippen molar-refractivity contribution in [1.82, 2.24) is 0 Å². The molecule has 0 aromatic heterocycles. The average molecular weight is 234 g/mol. The zero-order chi connectivity index (χ0) is 13.1. The highest BCUT2D eigenvalue weighted by Crippen LogP contribution is 2.41. The molecule has 1 aliphatic rings. The molecule has 1 aliphatic carbocycles. The molecule has 0 spiro atoms. The molecular formula is C15H22O2. The molecule has 94 valence electrons. The van der Waals surface area contributed by atoms with E-state index in [1.54, 1.807) is 6.08 Å². The minimum absolute atomic E-state index is 0.256. The van der Waals surface area contributed by atoms with Crippen molar-refractivity contribution in [2.45, 2.75) is 40.5 Å². The van der Waals surface area contributed by atoms with E-state index in [0.717, 1.165) is 6.42 Å². The van der Waals surface area contributed by atoms with Crippen molar-refractivity contribution >= 4 is 5.97 Å². The summed E-state index contributed by atoms with van der Waals surface area (Å²) in [5.74, 6) is 0.477. The molecule has 0 N–H and O–H groups in total. The number of esters is 1. The quantitative estimate of drug-likeness (QED) is 0.319. The van der Waals surface area contributed by atoms with Gasteiger partial charge in [0.25, 0.3) is 0 Å². The highest BCUT2D eigenvalue weighted by atomic mass is 16.5. The topological polar surface area (TPSA) is 26.3 Å². The molecule has 0 fully saturated rings. The van der Waals surface area contributed by atoms with E-state index in [0.29, 0.717) is 11.7 Å². The lowest BCUT2D eigenvalue weighted by Crippen LogP contribution is -2.26. The number of carbonyl (C=O) groups excluding carboxylic acids is 1. The van der Waals surface area contributed by atoms with Crippen LogP contribution in [0.4, 0.5) is 0 Å². The van der Waals surface area contributed by atoms with Crippen LogP contribution in [0.15, 0.2) is 36.1 Å². The molecule has 0 saturated heterocycles. The van der Waals surface area contributed by atoms with Gasteiger partial charge in [-0.05, 0) is 31.3 Å². The second-order valence-electron chi connectivity index (χ2n) is 5.37. The predicted molar refractivity (Wildman–Crippen MR) is 70.3 cm³/mol. The lowest BCUT2D eigenvalue weighted by Gasteiger charge is -2.36. The van der Waals surface area contributed by atoms with Gasteiger partial charge in [0.2, 0.25) is 0 Å². The van der Waals surface area contributed by atoms with E-state index >= 15 is 0 Å². The number of ether oxygens (including phenoxy) is 1. The average Bonchev–Trinajstić information content (AvgIpc) is 2.14. The molecule has 0 aromatic rings. The normalized spacial score (nSPS) is 23.3. The molecule has 1 atom stereocenters. The van der Waals surface area contributed by atoms with Crippen LogP contribution in [0.1, 0.15) is 40.5 Å². The second kappa shape index (κ2) is 5.35. The van der Waals surface area contributed by atoms with E-state index in [9.17, 15) is 4.79 Å². The molecule has 2 heteroatoms. The first-order valence-corrected chi connectivity index (χ1v) is 6.05. The lowest BCUT2D eigenvalue weighted by atomic mass is 9.68. The number of carbonyl (C=O) groups is 1. The molecule has 17 heavy (non-hydrogen) atoms. The van der Waals surface area contributed by atoms with Gasteiger partial charge in [-0.25, -0.2) is 0 Å². The molecule has 0 saturated carbocycles. The fraction of sp³-hybridized carbons (Fsp3) is 0.533. The highest BCUT2D eigenvalue weighted by molar-refractivity contribution is 5.67. The fourth-order valence-corrected chi connectivity index (χ4v) is 2.41. The van der Waals surface area contributed by atoms with Gasteiger partial charge in [0.15, 0.2) is 0 Å². The maximum atomic E-state index is 10.8. The molecule has 0 aromatic carbocycles. The van der Waals surface area contributed by atoms with Gasteiger partial charge in [-0.1, -0.05) is 38.2 Å². The Morgan fingerprint density at radius 2 is 2.24 bits per heavy atom. The van der Waals surface area contributed by atoms with Gasteiger partial charge < -0.3 is 4.74 Å². The Balaban J connectivity index is 2.75. The number of hydrogen-bond acceptors (Lipinski definition) is 2. The van der Waals surface area contributed by atoms with Crippen molar-refractivity contribution in [2.24, 2.45) is 11.3 Å². The fourth-order valence-electron chi connectivity index (χ4n) is 2.41. The molecule has 0 unspecified atom stereocenters. The van der Waals surface area contributed by atoms with Crippen LogP contribution in [-0.2, 0) is 9.53 Å².